The van der Waals surface area contributed by atoms with E-state index in [0.717, 1.165) is 0 Å². The number of amides is 1. The lowest BCUT2D eigenvalue weighted by Gasteiger charge is -2.09. The Bertz CT molecular complexity index is 958. The van der Waals surface area contributed by atoms with Crippen LogP contribution in [0, 0.1) is 0 Å². The Balaban J connectivity index is 1.92. The zero-order valence-corrected chi connectivity index (χ0v) is 13.2. The Labute approximate surface area is 136 Å². The van der Waals surface area contributed by atoms with E-state index < -0.39 is 5.76 Å². The fourth-order valence-corrected chi connectivity index (χ4v) is 2.42. The van der Waals surface area contributed by atoms with Gasteiger partial charge in [0, 0.05) is 23.8 Å². The van der Waals surface area contributed by atoms with Crippen LogP contribution in [0.3, 0.4) is 0 Å². The molecule has 3 rings (SSSR count). The van der Waals surface area contributed by atoms with Gasteiger partial charge in [0.2, 0.25) is 0 Å². The first-order chi connectivity index (χ1) is 11.0. The van der Waals surface area contributed by atoms with E-state index in [1.807, 2.05) is 0 Å². The molecule has 1 aromatic heterocycles. The number of aryl methyl sites for hydroxylation is 1. The quantitative estimate of drug-likeness (QED) is 0.800. The highest BCUT2D eigenvalue weighted by Crippen LogP contribution is 2.25. The fourth-order valence-electron chi connectivity index (χ4n) is 2.26. The van der Waals surface area contributed by atoms with E-state index in [9.17, 15) is 9.59 Å². The first-order valence-corrected chi connectivity index (χ1v) is 7.12. The Morgan fingerprint density at radius 3 is 2.78 bits per heavy atom. The minimum Gasteiger partial charge on any atom is -0.496 e. The molecule has 3 aromatic rings. The van der Waals surface area contributed by atoms with Gasteiger partial charge in [-0.25, -0.2) is 4.79 Å². The number of benzene rings is 2. The number of aromatic nitrogens is 1. The summed E-state index contributed by atoms with van der Waals surface area (Å²) in [6.07, 6.45) is 0. The normalized spacial score (nSPS) is 10.7. The minimum absolute atomic E-state index is 0.351. The van der Waals surface area contributed by atoms with Crippen molar-refractivity contribution in [2.75, 3.05) is 12.4 Å². The van der Waals surface area contributed by atoms with Crippen molar-refractivity contribution in [1.82, 2.24) is 4.57 Å². The second-order valence-corrected chi connectivity index (χ2v) is 5.34. The molecule has 0 saturated heterocycles. The van der Waals surface area contributed by atoms with Crippen molar-refractivity contribution >= 4 is 34.3 Å². The second kappa shape index (κ2) is 5.81. The highest BCUT2D eigenvalue weighted by atomic mass is 35.5. The van der Waals surface area contributed by atoms with E-state index in [-0.39, 0.29) is 5.91 Å². The van der Waals surface area contributed by atoms with Gasteiger partial charge in [-0.05, 0) is 30.3 Å². The fraction of sp³-hybridized carbons (Fsp3) is 0.125. The minimum atomic E-state index is -0.456. The van der Waals surface area contributed by atoms with Crippen LogP contribution >= 0.6 is 11.6 Å². The molecule has 1 N–H and O–H groups in total. The molecule has 118 valence electrons. The average Bonchev–Trinajstić information content (AvgIpc) is 2.81. The molecule has 1 heterocycles. The van der Waals surface area contributed by atoms with Crippen LogP contribution in [0.2, 0.25) is 5.02 Å². The summed E-state index contributed by atoms with van der Waals surface area (Å²) < 4.78 is 11.7. The molecule has 0 aliphatic heterocycles. The molecule has 0 unspecified atom stereocenters. The predicted octanol–water partition coefficient (Wildman–Crippen LogP) is 3.05. The van der Waals surface area contributed by atoms with Gasteiger partial charge in [-0.2, -0.15) is 0 Å². The number of oxazole rings is 1. The largest absolute Gasteiger partial charge is 0.496 e. The first kappa shape index (κ1) is 15.2. The van der Waals surface area contributed by atoms with Crippen LogP contribution in [0.4, 0.5) is 5.69 Å². The smallest absolute Gasteiger partial charge is 0.419 e. The molecule has 7 heteroatoms. The van der Waals surface area contributed by atoms with Crippen molar-refractivity contribution < 1.29 is 13.9 Å². The van der Waals surface area contributed by atoms with Crippen molar-refractivity contribution in [2.24, 2.45) is 7.05 Å². The third-order valence-electron chi connectivity index (χ3n) is 3.46. The molecule has 0 aliphatic carbocycles. The molecule has 0 saturated carbocycles. The Kier molecular flexibility index (Phi) is 3.83. The lowest BCUT2D eigenvalue weighted by atomic mass is 10.2. The van der Waals surface area contributed by atoms with E-state index in [1.54, 1.807) is 43.4 Å². The van der Waals surface area contributed by atoms with Crippen LogP contribution in [-0.4, -0.2) is 17.6 Å². The summed E-state index contributed by atoms with van der Waals surface area (Å²) in [6, 6.07) is 9.75. The molecule has 0 aliphatic rings. The number of fused-ring (bicyclic) bond motifs is 1. The molecular weight excluding hydrogens is 320 g/mol. The van der Waals surface area contributed by atoms with Crippen LogP contribution < -0.4 is 15.8 Å². The van der Waals surface area contributed by atoms with Gasteiger partial charge >= 0.3 is 5.76 Å². The number of methoxy groups -OCH3 is 1. The average molecular weight is 333 g/mol. The number of nitrogens with zero attached hydrogens (tertiary/aromatic N) is 1. The Morgan fingerprint density at radius 1 is 1.26 bits per heavy atom. The summed E-state index contributed by atoms with van der Waals surface area (Å²) in [5, 5.41) is 3.22. The monoisotopic (exact) mass is 332 g/mol. The molecule has 2 aromatic carbocycles. The Morgan fingerprint density at radius 2 is 2.04 bits per heavy atom. The van der Waals surface area contributed by atoms with Gasteiger partial charge in [-0.15, -0.1) is 0 Å². The molecule has 0 atom stereocenters. The van der Waals surface area contributed by atoms with E-state index in [1.165, 1.54) is 11.7 Å². The van der Waals surface area contributed by atoms with E-state index >= 15 is 0 Å². The number of carbonyl (C=O) groups excluding carboxylic acids is 1. The molecule has 0 radical (unpaired) electrons. The van der Waals surface area contributed by atoms with Crippen molar-refractivity contribution in [3.8, 4) is 5.75 Å². The second-order valence-electron chi connectivity index (χ2n) is 4.91. The van der Waals surface area contributed by atoms with Gasteiger partial charge in [0.15, 0.2) is 5.58 Å². The van der Waals surface area contributed by atoms with E-state index in [0.29, 0.717) is 33.1 Å². The summed E-state index contributed by atoms with van der Waals surface area (Å²) in [4.78, 5) is 23.9. The summed E-state index contributed by atoms with van der Waals surface area (Å²) in [5.41, 5.74) is 1.91. The maximum absolute atomic E-state index is 12.4. The topological polar surface area (TPSA) is 73.5 Å². The third-order valence-corrected chi connectivity index (χ3v) is 3.69. The van der Waals surface area contributed by atoms with Gasteiger partial charge in [0.25, 0.3) is 5.91 Å². The van der Waals surface area contributed by atoms with Crippen LogP contribution in [0.25, 0.3) is 11.1 Å². The Hall–Kier alpha value is -2.73. The third kappa shape index (κ3) is 2.80. The van der Waals surface area contributed by atoms with E-state index in [2.05, 4.69) is 5.32 Å². The highest BCUT2D eigenvalue weighted by molar-refractivity contribution is 6.31. The number of halogens is 1. The molecule has 23 heavy (non-hydrogen) atoms. The number of carbonyl (C=O) groups is 1. The van der Waals surface area contributed by atoms with Gasteiger partial charge < -0.3 is 14.5 Å². The summed E-state index contributed by atoms with van der Waals surface area (Å²) in [6.45, 7) is 0. The molecule has 0 bridgehead atoms. The number of hydrogen-bond donors (Lipinski definition) is 1. The van der Waals surface area contributed by atoms with Gasteiger partial charge in [0.05, 0.1) is 18.2 Å². The lowest BCUT2D eigenvalue weighted by Crippen LogP contribution is -2.13. The lowest BCUT2D eigenvalue weighted by molar-refractivity contribution is 0.102. The van der Waals surface area contributed by atoms with Gasteiger partial charge in [-0.1, -0.05) is 11.6 Å². The number of rotatable bonds is 3. The molecule has 0 fully saturated rings. The molecule has 1 amide bonds. The van der Waals surface area contributed by atoms with Crippen molar-refractivity contribution in [2.45, 2.75) is 0 Å². The summed E-state index contributed by atoms with van der Waals surface area (Å²) in [5.74, 6) is -0.429. The molecule has 6 nitrogen and oxygen atoms in total. The number of nitrogens with one attached hydrogen (secondary N) is 1. The van der Waals surface area contributed by atoms with Crippen LogP contribution in [0.1, 0.15) is 10.4 Å². The standard InChI is InChI=1S/C16H13ClN2O4/c1-19-12-6-4-10(8-14(12)23-16(19)21)18-15(20)11-5-3-9(17)7-13(11)22-2/h3-8H,1-2H3,(H,18,20). The number of hydrogen-bond acceptors (Lipinski definition) is 4. The van der Waals surface area contributed by atoms with Crippen LogP contribution in [0.15, 0.2) is 45.6 Å². The highest BCUT2D eigenvalue weighted by Gasteiger charge is 2.14. The summed E-state index contributed by atoms with van der Waals surface area (Å²) in [7, 11) is 3.08. The predicted molar refractivity (Wildman–Crippen MR) is 87.4 cm³/mol. The van der Waals surface area contributed by atoms with Crippen molar-refractivity contribution in [1.29, 1.82) is 0 Å². The maximum Gasteiger partial charge on any atom is 0.419 e. The van der Waals surface area contributed by atoms with Crippen LogP contribution in [0.5, 0.6) is 5.75 Å². The van der Waals surface area contributed by atoms with Crippen molar-refractivity contribution in [3.63, 3.8) is 0 Å². The van der Waals surface area contributed by atoms with Gasteiger partial charge in [0.1, 0.15) is 5.75 Å². The summed E-state index contributed by atoms with van der Waals surface area (Å²) >= 11 is 5.89. The molecule has 0 spiro atoms. The van der Waals surface area contributed by atoms with E-state index in [4.69, 9.17) is 20.8 Å². The van der Waals surface area contributed by atoms with Crippen LogP contribution in [-0.2, 0) is 7.05 Å². The van der Waals surface area contributed by atoms with Gasteiger partial charge in [-0.3, -0.25) is 9.36 Å². The SMILES string of the molecule is COc1cc(Cl)ccc1C(=O)Nc1ccc2c(c1)oc(=O)n2C. The maximum atomic E-state index is 12.4. The first-order valence-electron chi connectivity index (χ1n) is 6.74. The zero-order chi connectivity index (χ0) is 16.6. The number of ether oxygens (including phenoxy) is 1. The molecular formula is C16H13ClN2O4. The van der Waals surface area contributed by atoms with Crippen molar-refractivity contribution in [3.05, 3.63) is 57.5 Å². The number of anilines is 1. The zero-order valence-electron chi connectivity index (χ0n) is 12.4.